The zero-order valence-electron chi connectivity index (χ0n) is 12.2. The summed E-state index contributed by atoms with van der Waals surface area (Å²) in [4.78, 5) is 16.6. The maximum atomic E-state index is 12.3. The van der Waals surface area contributed by atoms with E-state index in [2.05, 4.69) is 15.6 Å². The smallest absolute Gasteiger partial charge is 0.258 e. The van der Waals surface area contributed by atoms with Crippen LogP contribution in [0.1, 0.15) is 10.4 Å². The number of rotatable bonds is 2. The van der Waals surface area contributed by atoms with E-state index in [-0.39, 0.29) is 10.1 Å². The summed E-state index contributed by atoms with van der Waals surface area (Å²) in [6, 6.07) is 14.1. The van der Waals surface area contributed by atoms with Crippen LogP contribution in [0.15, 0.2) is 54.7 Å². The summed E-state index contributed by atoms with van der Waals surface area (Å²) >= 11 is 17.1. The minimum atomic E-state index is -0.414. The van der Waals surface area contributed by atoms with Crippen LogP contribution in [-0.2, 0) is 0 Å². The highest BCUT2D eigenvalue weighted by Crippen LogP contribution is 2.22. The number of thiocarbonyl (C=S) groups is 1. The Morgan fingerprint density at radius 2 is 1.88 bits per heavy atom. The van der Waals surface area contributed by atoms with Crippen molar-refractivity contribution >= 4 is 63.0 Å². The fourth-order valence-corrected chi connectivity index (χ4v) is 2.90. The van der Waals surface area contributed by atoms with Crippen LogP contribution in [0, 0.1) is 0 Å². The molecule has 0 spiro atoms. The van der Waals surface area contributed by atoms with Crippen molar-refractivity contribution in [1.82, 2.24) is 10.3 Å². The molecular weight excluding hydrogens is 365 g/mol. The summed E-state index contributed by atoms with van der Waals surface area (Å²) in [6.45, 7) is 0. The molecule has 0 aliphatic carbocycles. The van der Waals surface area contributed by atoms with Gasteiger partial charge in [0.2, 0.25) is 0 Å². The highest BCUT2D eigenvalue weighted by Gasteiger charge is 2.13. The fourth-order valence-electron chi connectivity index (χ4n) is 2.20. The average Bonchev–Trinajstić information content (AvgIpc) is 2.55. The Labute approximate surface area is 153 Å². The second kappa shape index (κ2) is 7.13. The molecule has 24 heavy (non-hydrogen) atoms. The van der Waals surface area contributed by atoms with Crippen LogP contribution >= 0.6 is 35.4 Å². The van der Waals surface area contributed by atoms with E-state index in [4.69, 9.17) is 35.4 Å². The molecule has 0 bridgehead atoms. The van der Waals surface area contributed by atoms with E-state index < -0.39 is 5.91 Å². The molecule has 0 aliphatic rings. The van der Waals surface area contributed by atoms with Gasteiger partial charge in [-0.25, -0.2) is 0 Å². The average molecular weight is 376 g/mol. The number of hydrogen-bond donors (Lipinski definition) is 2. The van der Waals surface area contributed by atoms with Crippen molar-refractivity contribution in [3.05, 3.63) is 70.3 Å². The Balaban J connectivity index is 1.76. The van der Waals surface area contributed by atoms with Gasteiger partial charge in [-0.15, -0.1) is 0 Å². The number of pyridine rings is 1. The van der Waals surface area contributed by atoms with Crippen molar-refractivity contribution in [1.29, 1.82) is 0 Å². The molecule has 0 saturated carbocycles. The molecule has 0 atom stereocenters. The van der Waals surface area contributed by atoms with Crippen molar-refractivity contribution in [2.24, 2.45) is 0 Å². The second-order valence-corrected chi connectivity index (χ2v) is 6.16. The highest BCUT2D eigenvalue weighted by atomic mass is 35.5. The predicted octanol–water partition coefficient (Wildman–Crippen LogP) is 4.67. The van der Waals surface area contributed by atoms with E-state index in [1.165, 1.54) is 6.07 Å². The summed E-state index contributed by atoms with van der Waals surface area (Å²) in [6.07, 6.45) is 1.70. The largest absolute Gasteiger partial charge is 0.331 e. The number of halogens is 2. The van der Waals surface area contributed by atoms with E-state index in [1.807, 2.05) is 30.3 Å². The molecule has 1 amide bonds. The summed E-state index contributed by atoms with van der Waals surface area (Å²) in [7, 11) is 0. The van der Waals surface area contributed by atoms with Gasteiger partial charge in [0.15, 0.2) is 5.11 Å². The van der Waals surface area contributed by atoms with E-state index >= 15 is 0 Å². The minimum absolute atomic E-state index is 0.157. The van der Waals surface area contributed by atoms with Crippen LogP contribution in [-0.4, -0.2) is 16.0 Å². The van der Waals surface area contributed by atoms with Gasteiger partial charge in [-0.3, -0.25) is 15.1 Å². The molecule has 0 unspecified atom stereocenters. The number of aromatic nitrogens is 1. The standard InChI is InChI=1S/C17H11Cl2N3OS/c18-11-6-7-12(13(19)9-11)16(23)22-17(24)21-14-5-1-3-10-4-2-8-20-15(10)14/h1-9H,(H2,21,22,23,24). The summed E-state index contributed by atoms with van der Waals surface area (Å²) in [5.41, 5.74) is 1.77. The highest BCUT2D eigenvalue weighted by molar-refractivity contribution is 7.80. The number of hydrogen-bond acceptors (Lipinski definition) is 3. The monoisotopic (exact) mass is 375 g/mol. The molecule has 0 radical (unpaired) electrons. The van der Waals surface area contributed by atoms with E-state index in [1.54, 1.807) is 18.3 Å². The van der Waals surface area contributed by atoms with Crippen LogP contribution in [0.5, 0.6) is 0 Å². The topological polar surface area (TPSA) is 54.0 Å². The van der Waals surface area contributed by atoms with Crippen LogP contribution in [0.3, 0.4) is 0 Å². The third-order valence-corrected chi connectivity index (χ3v) is 4.04. The number of anilines is 1. The number of carbonyl (C=O) groups excluding carboxylic acids is 1. The lowest BCUT2D eigenvalue weighted by molar-refractivity contribution is 0.0978. The predicted molar refractivity (Wildman–Crippen MR) is 102 cm³/mol. The van der Waals surface area contributed by atoms with Gasteiger partial charge in [-0.1, -0.05) is 41.4 Å². The van der Waals surface area contributed by atoms with Crippen LogP contribution < -0.4 is 10.6 Å². The quantitative estimate of drug-likeness (QED) is 0.639. The van der Waals surface area contributed by atoms with Gasteiger partial charge in [0.25, 0.3) is 5.91 Å². The van der Waals surface area contributed by atoms with Gasteiger partial charge in [0.1, 0.15) is 0 Å². The number of benzene rings is 2. The molecule has 3 aromatic rings. The van der Waals surface area contributed by atoms with Crippen LogP contribution in [0.2, 0.25) is 10.0 Å². The number of nitrogens with zero attached hydrogens (tertiary/aromatic N) is 1. The number of carbonyl (C=O) groups is 1. The van der Waals surface area contributed by atoms with Crippen molar-refractivity contribution in [3.8, 4) is 0 Å². The second-order valence-electron chi connectivity index (χ2n) is 4.91. The van der Waals surface area contributed by atoms with E-state index in [0.29, 0.717) is 16.3 Å². The fraction of sp³-hybridized carbons (Fsp3) is 0. The Hall–Kier alpha value is -2.21. The molecule has 0 fully saturated rings. The molecule has 2 N–H and O–H groups in total. The minimum Gasteiger partial charge on any atom is -0.331 e. The molecule has 120 valence electrons. The van der Waals surface area contributed by atoms with Crippen LogP contribution in [0.25, 0.3) is 10.9 Å². The van der Waals surface area contributed by atoms with Gasteiger partial charge in [0.05, 0.1) is 21.8 Å². The molecule has 0 aliphatic heterocycles. The number of amides is 1. The van der Waals surface area contributed by atoms with Crippen molar-refractivity contribution in [3.63, 3.8) is 0 Å². The van der Waals surface area contributed by atoms with Crippen LogP contribution in [0.4, 0.5) is 5.69 Å². The maximum absolute atomic E-state index is 12.3. The van der Waals surface area contributed by atoms with Gasteiger partial charge >= 0.3 is 0 Å². The molecular formula is C17H11Cl2N3OS. The normalized spacial score (nSPS) is 10.4. The number of fused-ring (bicyclic) bond motifs is 1. The van der Waals surface area contributed by atoms with E-state index in [9.17, 15) is 4.79 Å². The van der Waals surface area contributed by atoms with Gasteiger partial charge < -0.3 is 5.32 Å². The Kier molecular flexibility index (Phi) is 4.94. The van der Waals surface area contributed by atoms with Gasteiger partial charge in [0, 0.05) is 16.6 Å². The first-order valence-electron chi connectivity index (χ1n) is 6.96. The zero-order valence-corrected chi connectivity index (χ0v) is 14.5. The first kappa shape index (κ1) is 16.6. The first-order valence-corrected chi connectivity index (χ1v) is 8.12. The molecule has 4 nitrogen and oxygen atoms in total. The SMILES string of the molecule is O=C(NC(=S)Nc1cccc2cccnc12)c1ccc(Cl)cc1Cl. The number of para-hydroxylation sites is 1. The molecule has 7 heteroatoms. The lowest BCUT2D eigenvalue weighted by Gasteiger charge is -2.12. The lowest BCUT2D eigenvalue weighted by atomic mass is 10.2. The Bertz CT molecular complexity index is 941. The first-order chi connectivity index (χ1) is 11.5. The third kappa shape index (κ3) is 3.64. The Morgan fingerprint density at radius 3 is 2.67 bits per heavy atom. The van der Waals surface area contributed by atoms with E-state index in [0.717, 1.165) is 10.9 Å². The molecule has 2 aromatic carbocycles. The van der Waals surface area contributed by atoms with Gasteiger partial charge in [-0.05, 0) is 42.5 Å². The molecule has 3 rings (SSSR count). The van der Waals surface area contributed by atoms with Crippen molar-refractivity contribution in [2.45, 2.75) is 0 Å². The molecule has 1 heterocycles. The number of nitrogens with one attached hydrogen (secondary N) is 2. The molecule has 1 aromatic heterocycles. The Morgan fingerprint density at radius 1 is 1.08 bits per heavy atom. The summed E-state index contributed by atoms with van der Waals surface area (Å²) < 4.78 is 0. The van der Waals surface area contributed by atoms with Crippen molar-refractivity contribution < 1.29 is 4.79 Å². The maximum Gasteiger partial charge on any atom is 0.258 e. The summed E-state index contributed by atoms with van der Waals surface area (Å²) in [5, 5.41) is 7.42. The lowest BCUT2D eigenvalue weighted by Crippen LogP contribution is -2.34. The van der Waals surface area contributed by atoms with Gasteiger partial charge in [-0.2, -0.15) is 0 Å². The zero-order chi connectivity index (χ0) is 17.1. The molecule has 0 saturated heterocycles. The van der Waals surface area contributed by atoms with Crippen molar-refractivity contribution in [2.75, 3.05) is 5.32 Å². The summed E-state index contributed by atoms with van der Waals surface area (Å²) in [5.74, 6) is -0.414. The third-order valence-electron chi connectivity index (χ3n) is 3.28.